The molecule has 6 rings (SSSR count). The zero-order valence-electron chi connectivity index (χ0n) is 18.1. The summed E-state index contributed by atoms with van der Waals surface area (Å²) in [4.78, 5) is 21.1. The van der Waals surface area contributed by atoms with Crippen LogP contribution >= 0.6 is 0 Å². The quantitative estimate of drug-likeness (QED) is 0.415. The van der Waals surface area contributed by atoms with Gasteiger partial charge in [0.2, 0.25) is 5.88 Å². The fourth-order valence-corrected chi connectivity index (χ4v) is 4.33. The highest BCUT2D eigenvalue weighted by atomic mass is 16.6. The number of aryl methyl sites for hydroxylation is 1. The van der Waals surface area contributed by atoms with Crippen LogP contribution in [0.25, 0.3) is 28.1 Å². The van der Waals surface area contributed by atoms with Gasteiger partial charge in [-0.2, -0.15) is 4.98 Å². The minimum atomic E-state index is 0.0754. The predicted octanol–water partition coefficient (Wildman–Crippen LogP) is 3.67. The number of nitrogens with zero attached hydrogens (tertiary/aromatic N) is 4. The molecule has 1 saturated carbocycles. The molecule has 4 aromatic rings. The summed E-state index contributed by atoms with van der Waals surface area (Å²) in [6, 6.07) is 9.63. The molecular weight excluding hydrogens is 408 g/mol. The number of aromatic nitrogens is 4. The number of methoxy groups -OCH3 is 1. The highest BCUT2D eigenvalue weighted by Crippen LogP contribution is 2.37. The number of hydrogen-bond acceptors (Lipinski definition) is 6. The Kier molecular flexibility index (Phi) is 4.43. The van der Waals surface area contributed by atoms with Crippen molar-refractivity contribution in [1.29, 1.82) is 0 Å². The van der Waals surface area contributed by atoms with Gasteiger partial charge in [0, 0.05) is 29.6 Å². The third-order valence-corrected chi connectivity index (χ3v) is 6.28. The fraction of sp³-hybridized carbons (Fsp3) is 0.375. The van der Waals surface area contributed by atoms with Crippen LogP contribution in [0.2, 0.25) is 0 Å². The van der Waals surface area contributed by atoms with Crippen LogP contribution in [0.3, 0.4) is 0 Å². The maximum Gasteiger partial charge on any atom is 0.215 e. The molecule has 4 aromatic heterocycles. The van der Waals surface area contributed by atoms with Crippen LogP contribution in [-0.4, -0.2) is 51.6 Å². The average Bonchev–Trinajstić information content (AvgIpc) is 3.45. The number of aldehydes is 1. The highest BCUT2D eigenvalue weighted by Gasteiger charge is 2.27. The van der Waals surface area contributed by atoms with Crippen molar-refractivity contribution >= 4 is 23.0 Å². The Morgan fingerprint density at radius 3 is 2.72 bits per heavy atom. The van der Waals surface area contributed by atoms with Gasteiger partial charge in [0.25, 0.3) is 0 Å². The molecule has 8 heteroatoms. The third kappa shape index (κ3) is 3.14. The van der Waals surface area contributed by atoms with E-state index >= 15 is 0 Å². The lowest BCUT2D eigenvalue weighted by atomic mass is 10.2. The second-order valence-corrected chi connectivity index (χ2v) is 8.61. The maximum absolute atomic E-state index is 11.4. The zero-order chi connectivity index (χ0) is 21.8. The number of carbonyl (C=O) groups is 1. The summed E-state index contributed by atoms with van der Waals surface area (Å²) in [5.41, 5.74) is 4.95. The van der Waals surface area contributed by atoms with E-state index in [0.29, 0.717) is 42.1 Å². The van der Waals surface area contributed by atoms with Gasteiger partial charge in [0.15, 0.2) is 5.88 Å². The molecule has 0 N–H and O–H groups in total. The second-order valence-electron chi connectivity index (χ2n) is 8.61. The largest absolute Gasteiger partial charge is 0.482 e. The summed E-state index contributed by atoms with van der Waals surface area (Å²) in [5.74, 6) is 1.86. The lowest BCUT2D eigenvalue weighted by Gasteiger charge is -2.26. The summed E-state index contributed by atoms with van der Waals surface area (Å²) in [6.07, 6.45) is 3.35. The van der Waals surface area contributed by atoms with Gasteiger partial charge in [0.05, 0.1) is 31.7 Å². The average molecular weight is 432 g/mol. The van der Waals surface area contributed by atoms with Crippen LogP contribution in [0.4, 0.5) is 0 Å². The van der Waals surface area contributed by atoms with E-state index in [0.717, 1.165) is 40.9 Å². The van der Waals surface area contributed by atoms with Crippen molar-refractivity contribution in [1.82, 2.24) is 18.9 Å². The predicted molar refractivity (Wildman–Crippen MR) is 119 cm³/mol. The minimum absolute atomic E-state index is 0.0754. The van der Waals surface area contributed by atoms with Crippen LogP contribution in [0, 0.1) is 12.8 Å². The Morgan fingerprint density at radius 1 is 1.19 bits per heavy atom. The van der Waals surface area contributed by atoms with Crippen molar-refractivity contribution in [2.24, 2.45) is 5.92 Å². The van der Waals surface area contributed by atoms with Gasteiger partial charge in [-0.1, -0.05) is 0 Å². The number of rotatable bonds is 7. The molecule has 0 atom stereocenters. The van der Waals surface area contributed by atoms with Gasteiger partial charge < -0.3 is 18.8 Å². The monoisotopic (exact) mass is 432 g/mol. The van der Waals surface area contributed by atoms with E-state index in [2.05, 4.69) is 16.7 Å². The van der Waals surface area contributed by atoms with E-state index in [1.165, 1.54) is 12.8 Å². The molecule has 0 amide bonds. The first-order valence-electron chi connectivity index (χ1n) is 10.9. The minimum Gasteiger partial charge on any atom is -0.482 e. The van der Waals surface area contributed by atoms with Crippen LogP contribution < -0.4 is 9.47 Å². The molecule has 5 heterocycles. The molecule has 2 fully saturated rings. The SMILES string of the molecule is COc1cc(C=O)cc2nc(-c3cc4ccc(OC5COC5)nc4n3CC3CC3)c(C)n12. The molecule has 0 bridgehead atoms. The molecule has 164 valence electrons. The van der Waals surface area contributed by atoms with Crippen molar-refractivity contribution in [2.75, 3.05) is 20.3 Å². The molecular formula is C24H24N4O4. The van der Waals surface area contributed by atoms with E-state index in [4.69, 9.17) is 24.2 Å². The summed E-state index contributed by atoms with van der Waals surface area (Å²) in [5, 5.41) is 1.05. The molecule has 1 aliphatic carbocycles. The van der Waals surface area contributed by atoms with Crippen molar-refractivity contribution in [2.45, 2.75) is 32.4 Å². The number of fused-ring (bicyclic) bond motifs is 2. The molecule has 1 aliphatic heterocycles. The highest BCUT2D eigenvalue weighted by molar-refractivity contribution is 5.85. The van der Waals surface area contributed by atoms with Gasteiger partial charge in [-0.25, -0.2) is 4.98 Å². The lowest BCUT2D eigenvalue weighted by Crippen LogP contribution is -2.38. The Bertz CT molecular complexity index is 1350. The zero-order valence-corrected chi connectivity index (χ0v) is 18.1. The first-order chi connectivity index (χ1) is 15.6. The Hall–Kier alpha value is -3.39. The van der Waals surface area contributed by atoms with Crippen molar-refractivity contribution in [3.05, 3.63) is 41.6 Å². The van der Waals surface area contributed by atoms with Crippen molar-refractivity contribution < 1.29 is 19.0 Å². The van der Waals surface area contributed by atoms with Crippen LogP contribution in [0.15, 0.2) is 30.3 Å². The van der Waals surface area contributed by atoms with E-state index in [1.807, 2.05) is 17.4 Å². The lowest BCUT2D eigenvalue weighted by molar-refractivity contribution is -0.0812. The topological polar surface area (TPSA) is 79.9 Å². The van der Waals surface area contributed by atoms with Gasteiger partial charge in [-0.05, 0) is 43.9 Å². The first kappa shape index (κ1) is 19.3. The first-order valence-corrected chi connectivity index (χ1v) is 10.9. The van der Waals surface area contributed by atoms with Crippen molar-refractivity contribution in [3.63, 3.8) is 0 Å². The van der Waals surface area contributed by atoms with E-state index in [1.54, 1.807) is 19.2 Å². The summed E-state index contributed by atoms with van der Waals surface area (Å²) < 4.78 is 20.9. The third-order valence-electron chi connectivity index (χ3n) is 6.28. The number of hydrogen-bond donors (Lipinski definition) is 0. The molecule has 0 spiro atoms. The van der Waals surface area contributed by atoms with E-state index in [9.17, 15) is 4.79 Å². The Balaban J connectivity index is 1.52. The molecule has 2 aliphatic rings. The fourth-order valence-electron chi connectivity index (χ4n) is 4.33. The standard InChI is InChI=1S/C24H24N4O4/c1-14-23(25-20-7-16(11-29)8-22(30-2)28(14)20)19-9-17-5-6-21(32-18-12-31-13-18)26-24(17)27(19)10-15-3-4-15/h5-9,11,15,18H,3-4,10,12-13H2,1-2H3. The molecule has 32 heavy (non-hydrogen) atoms. The number of carbonyl (C=O) groups excluding carboxylic acids is 1. The number of imidazole rings is 1. The van der Waals surface area contributed by atoms with Gasteiger partial charge in [-0.3, -0.25) is 9.20 Å². The number of pyridine rings is 2. The summed E-state index contributed by atoms with van der Waals surface area (Å²) >= 11 is 0. The molecule has 0 unspecified atom stereocenters. The number of ether oxygens (including phenoxy) is 3. The smallest absolute Gasteiger partial charge is 0.215 e. The van der Waals surface area contributed by atoms with Gasteiger partial charge in [-0.15, -0.1) is 0 Å². The molecule has 0 radical (unpaired) electrons. The molecule has 0 aromatic carbocycles. The second kappa shape index (κ2) is 7.34. The van der Waals surface area contributed by atoms with Gasteiger partial charge in [0.1, 0.15) is 29.4 Å². The van der Waals surface area contributed by atoms with Crippen LogP contribution in [-0.2, 0) is 11.3 Å². The van der Waals surface area contributed by atoms with E-state index in [-0.39, 0.29) is 6.10 Å². The maximum atomic E-state index is 11.4. The van der Waals surface area contributed by atoms with Crippen molar-refractivity contribution in [3.8, 4) is 23.1 Å². The van der Waals surface area contributed by atoms with Crippen LogP contribution in [0.5, 0.6) is 11.8 Å². The normalized spacial score (nSPS) is 16.4. The summed E-state index contributed by atoms with van der Waals surface area (Å²) in [6.45, 7) is 4.14. The van der Waals surface area contributed by atoms with Gasteiger partial charge >= 0.3 is 0 Å². The molecule has 1 saturated heterocycles. The Labute approximate surface area is 184 Å². The summed E-state index contributed by atoms with van der Waals surface area (Å²) in [7, 11) is 1.60. The Morgan fingerprint density at radius 2 is 2.03 bits per heavy atom. The van der Waals surface area contributed by atoms with Crippen LogP contribution in [0.1, 0.15) is 28.9 Å². The van der Waals surface area contributed by atoms with E-state index < -0.39 is 0 Å². The molecule has 8 nitrogen and oxygen atoms in total.